The molecule has 0 bridgehead atoms. The molecule has 2 heteroatoms. The second kappa shape index (κ2) is 6.95. The van der Waals surface area contributed by atoms with E-state index < -0.39 is 0 Å². The van der Waals surface area contributed by atoms with Crippen LogP contribution in [0.2, 0.25) is 5.02 Å². The monoisotopic (exact) mass is 293 g/mol. The van der Waals surface area contributed by atoms with Crippen molar-refractivity contribution in [3.8, 4) is 0 Å². The largest absolute Gasteiger partial charge is 0.310 e. The van der Waals surface area contributed by atoms with Crippen molar-refractivity contribution in [3.63, 3.8) is 0 Å². The van der Waals surface area contributed by atoms with Crippen LogP contribution in [0.5, 0.6) is 0 Å². The number of benzene rings is 1. The molecular formula is C18H28ClN. The molecule has 2 rings (SSSR count). The minimum Gasteiger partial charge on any atom is -0.310 e. The van der Waals surface area contributed by atoms with Crippen LogP contribution in [0.15, 0.2) is 24.3 Å². The first-order valence-electron chi connectivity index (χ1n) is 7.93. The fourth-order valence-electron chi connectivity index (χ4n) is 3.28. The molecule has 0 spiro atoms. The molecule has 0 aliphatic heterocycles. The molecule has 2 atom stereocenters. The maximum Gasteiger partial charge on any atom is 0.0409 e. The van der Waals surface area contributed by atoms with Crippen LogP contribution in [0.3, 0.4) is 0 Å². The number of nitrogens with one attached hydrogen (secondary N) is 1. The van der Waals surface area contributed by atoms with Gasteiger partial charge in [-0.05, 0) is 54.7 Å². The van der Waals surface area contributed by atoms with Gasteiger partial charge in [0.05, 0.1) is 0 Å². The summed E-state index contributed by atoms with van der Waals surface area (Å²) in [4.78, 5) is 0. The number of hydrogen-bond acceptors (Lipinski definition) is 1. The van der Waals surface area contributed by atoms with E-state index in [2.05, 4.69) is 38.2 Å². The van der Waals surface area contributed by atoms with Gasteiger partial charge in [-0.1, -0.05) is 50.9 Å². The quantitative estimate of drug-likeness (QED) is 0.733. The molecule has 1 N–H and O–H groups in total. The lowest BCUT2D eigenvalue weighted by Crippen LogP contribution is -2.28. The Morgan fingerprint density at radius 1 is 1.15 bits per heavy atom. The summed E-state index contributed by atoms with van der Waals surface area (Å²) in [6.07, 6.45) is 6.72. The van der Waals surface area contributed by atoms with E-state index in [1.54, 1.807) is 0 Å². The molecule has 0 heterocycles. The van der Waals surface area contributed by atoms with Gasteiger partial charge in [0.25, 0.3) is 0 Å². The van der Waals surface area contributed by atoms with E-state index in [-0.39, 0.29) is 0 Å². The Morgan fingerprint density at radius 2 is 1.95 bits per heavy atom. The normalized spacial score (nSPS) is 24.4. The van der Waals surface area contributed by atoms with Gasteiger partial charge in [-0.2, -0.15) is 0 Å². The van der Waals surface area contributed by atoms with Crippen molar-refractivity contribution in [2.45, 2.75) is 65.5 Å². The molecule has 0 saturated heterocycles. The van der Waals surface area contributed by atoms with Gasteiger partial charge in [-0.3, -0.25) is 0 Å². The zero-order valence-corrected chi connectivity index (χ0v) is 13.8. The fraction of sp³-hybridized carbons (Fsp3) is 0.667. The van der Waals surface area contributed by atoms with E-state index in [0.29, 0.717) is 11.5 Å². The highest BCUT2D eigenvalue weighted by atomic mass is 35.5. The Balaban J connectivity index is 1.83. The Bertz CT molecular complexity index is 422. The molecule has 0 aromatic heterocycles. The fourth-order valence-corrected chi connectivity index (χ4v) is 3.49. The molecule has 1 fully saturated rings. The average Bonchev–Trinajstić information content (AvgIpc) is 2.61. The average molecular weight is 294 g/mol. The van der Waals surface area contributed by atoms with Crippen LogP contribution < -0.4 is 5.32 Å². The first-order chi connectivity index (χ1) is 9.45. The predicted octanol–water partition coefficient (Wildman–Crippen LogP) is 5.42. The van der Waals surface area contributed by atoms with Crippen LogP contribution in [-0.4, -0.2) is 6.04 Å². The minimum atomic E-state index is 0.460. The van der Waals surface area contributed by atoms with Gasteiger partial charge in [0.15, 0.2) is 0 Å². The van der Waals surface area contributed by atoms with Crippen molar-refractivity contribution in [3.05, 3.63) is 34.9 Å². The van der Waals surface area contributed by atoms with E-state index in [1.807, 2.05) is 12.1 Å². The second-order valence-electron chi connectivity index (χ2n) is 7.28. The molecule has 1 saturated carbocycles. The zero-order valence-electron chi connectivity index (χ0n) is 13.1. The molecule has 1 nitrogen and oxygen atoms in total. The van der Waals surface area contributed by atoms with E-state index in [4.69, 9.17) is 11.6 Å². The topological polar surface area (TPSA) is 12.0 Å². The highest BCUT2D eigenvalue weighted by Gasteiger charge is 2.27. The van der Waals surface area contributed by atoms with Gasteiger partial charge in [-0.25, -0.2) is 0 Å². The van der Waals surface area contributed by atoms with Crippen molar-refractivity contribution in [2.75, 3.05) is 0 Å². The van der Waals surface area contributed by atoms with Gasteiger partial charge >= 0.3 is 0 Å². The molecule has 0 amide bonds. The Kier molecular flexibility index (Phi) is 5.51. The summed E-state index contributed by atoms with van der Waals surface area (Å²) < 4.78 is 0. The number of halogens is 1. The molecule has 1 aliphatic carbocycles. The summed E-state index contributed by atoms with van der Waals surface area (Å²) in [5.41, 5.74) is 1.75. The molecule has 0 radical (unpaired) electrons. The molecular weight excluding hydrogens is 266 g/mol. The van der Waals surface area contributed by atoms with E-state index >= 15 is 0 Å². The van der Waals surface area contributed by atoms with Crippen molar-refractivity contribution in [1.29, 1.82) is 0 Å². The number of rotatable bonds is 3. The van der Waals surface area contributed by atoms with Crippen LogP contribution in [0.1, 0.15) is 58.4 Å². The maximum atomic E-state index is 6.03. The molecule has 1 aliphatic rings. The summed E-state index contributed by atoms with van der Waals surface area (Å²) >= 11 is 6.03. The highest BCUT2D eigenvalue weighted by Crippen LogP contribution is 2.36. The van der Waals surface area contributed by atoms with Gasteiger partial charge in [-0.15, -0.1) is 0 Å². The molecule has 20 heavy (non-hydrogen) atoms. The van der Waals surface area contributed by atoms with Crippen molar-refractivity contribution >= 4 is 11.6 Å². The van der Waals surface area contributed by atoms with E-state index in [1.165, 1.54) is 37.7 Å². The third kappa shape index (κ3) is 4.79. The first kappa shape index (κ1) is 15.9. The van der Waals surface area contributed by atoms with Crippen molar-refractivity contribution < 1.29 is 0 Å². The summed E-state index contributed by atoms with van der Waals surface area (Å²) in [6.45, 7) is 8.09. The van der Waals surface area contributed by atoms with E-state index in [9.17, 15) is 0 Å². The number of hydrogen-bond donors (Lipinski definition) is 1. The predicted molar refractivity (Wildman–Crippen MR) is 88.1 cm³/mol. The van der Waals surface area contributed by atoms with Crippen LogP contribution in [0, 0.1) is 11.3 Å². The van der Waals surface area contributed by atoms with Gasteiger partial charge in [0.1, 0.15) is 0 Å². The Labute approximate surface area is 129 Å². The molecule has 2 unspecified atom stereocenters. The first-order valence-corrected chi connectivity index (χ1v) is 8.31. The molecule has 1 aromatic carbocycles. The summed E-state index contributed by atoms with van der Waals surface area (Å²) in [5.74, 6) is 0.875. The minimum absolute atomic E-state index is 0.460. The lowest BCUT2D eigenvalue weighted by Gasteiger charge is -2.29. The third-order valence-electron chi connectivity index (χ3n) is 4.68. The van der Waals surface area contributed by atoms with Crippen molar-refractivity contribution in [1.82, 2.24) is 5.32 Å². The van der Waals surface area contributed by atoms with Crippen LogP contribution in [0.25, 0.3) is 0 Å². The summed E-state index contributed by atoms with van der Waals surface area (Å²) in [6, 6.07) is 8.84. The van der Waals surface area contributed by atoms with Crippen LogP contribution in [0.4, 0.5) is 0 Å². The van der Waals surface area contributed by atoms with Crippen LogP contribution in [-0.2, 0) is 6.54 Å². The van der Waals surface area contributed by atoms with Crippen molar-refractivity contribution in [2.24, 2.45) is 11.3 Å². The van der Waals surface area contributed by atoms with E-state index in [0.717, 1.165) is 17.5 Å². The Morgan fingerprint density at radius 3 is 2.65 bits per heavy atom. The molecule has 1 aromatic rings. The lowest BCUT2D eigenvalue weighted by atomic mass is 9.76. The summed E-state index contributed by atoms with van der Waals surface area (Å²) in [7, 11) is 0. The third-order valence-corrected chi connectivity index (χ3v) is 4.91. The standard InChI is InChI=1S/C18H28ClN/c1-18(2,3)15-7-5-9-17(11-10-15)20-13-14-6-4-8-16(19)12-14/h4,6,8,12,15,17,20H,5,7,9-11,13H2,1-3H3. The Hall–Kier alpha value is -0.530. The highest BCUT2D eigenvalue weighted by molar-refractivity contribution is 6.30. The van der Waals surface area contributed by atoms with Gasteiger partial charge in [0, 0.05) is 17.6 Å². The maximum absolute atomic E-state index is 6.03. The zero-order chi connectivity index (χ0) is 14.6. The SMILES string of the molecule is CC(C)(C)C1CCCC(NCc2cccc(Cl)c2)CC1. The smallest absolute Gasteiger partial charge is 0.0409 e. The van der Waals surface area contributed by atoms with Gasteiger partial charge in [0.2, 0.25) is 0 Å². The second-order valence-corrected chi connectivity index (χ2v) is 7.72. The van der Waals surface area contributed by atoms with Gasteiger partial charge < -0.3 is 5.32 Å². The molecule has 112 valence electrons. The summed E-state index contributed by atoms with van der Waals surface area (Å²) in [5, 5.41) is 4.55. The van der Waals surface area contributed by atoms with Crippen LogP contribution >= 0.6 is 11.6 Å². The lowest BCUT2D eigenvalue weighted by molar-refractivity contribution is 0.213.